The van der Waals surface area contributed by atoms with Crippen molar-refractivity contribution >= 4 is 19.4 Å². The van der Waals surface area contributed by atoms with Gasteiger partial charge in [0, 0.05) is 12.2 Å². The van der Waals surface area contributed by atoms with E-state index in [4.69, 9.17) is 18.6 Å². The molecule has 5 heteroatoms. The molecule has 0 N–H and O–H groups in total. The maximum absolute atomic E-state index is 6.43. The van der Waals surface area contributed by atoms with E-state index < -0.39 is 9.04 Å². The van der Waals surface area contributed by atoms with Crippen molar-refractivity contribution in [2.45, 2.75) is 18.8 Å². The van der Waals surface area contributed by atoms with Gasteiger partial charge < -0.3 is 18.6 Å². The molecule has 0 amide bonds. The van der Waals surface area contributed by atoms with Gasteiger partial charge in [-0.05, 0) is 28.9 Å². The number of rotatable bonds is 8. The van der Waals surface area contributed by atoms with E-state index in [1.807, 2.05) is 36.4 Å². The molecule has 3 aromatic carbocycles. The number of hydrogen-bond donors (Lipinski definition) is 0. The summed E-state index contributed by atoms with van der Waals surface area (Å²) in [7, 11) is -0.0442. The molecule has 0 saturated carbocycles. The molecule has 1 fully saturated rings. The van der Waals surface area contributed by atoms with Gasteiger partial charge in [-0.15, -0.1) is 0 Å². The second-order valence-corrected chi connectivity index (χ2v) is 9.48. The molecule has 3 aromatic rings. The van der Waals surface area contributed by atoms with Gasteiger partial charge in [-0.1, -0.05) is 72.8 Å². The van der Waals surface area contributed by atoms with Crippen LogP contribution in [0.2, 0.25) is 0 Å². The highest BCUT2D eigenvalue weighted by molar-refractivity contribution is 6.80. The molecule has 1 aliphatic rings. The first-order chi connectivity index (χ1) is 14.3. The molecule has 1 aliphatic heterocycles. The summed E-state index contributed by atoms with van der Waals surface area (Å²) in [5, 5.41) is 2.58. The molecular weight excluding hydrogens is 380 g/mol. The van der Waals surface area contributed by atoms with Crippen LogP contribution in [0, 0.1) is 0 Å². The highest BCUT2D eigenvalue weighted by Crippen LogP contribution is 2.29. The largest absolute Gasteiger partial charge is 0.497 e. The molecule has 29 heavy (non-hydrogen) atoms. The highest BCUT2D eigenvalue weighted by Gasteiger charge is 2.27. The van der Waals surface area contributed by atoms with Gasteiger partial charge in [-0.3, -0.25) is 0 Å². The Labute approximate surface area is 173 Å². The van der Waals surface area contributed by atoms with Crippen LogP contribution in [0.4, 0.5) is 0 Å². The van der Waals surface area contributed by atoms with E-state index in [2.05, 4.69) is 48.5 Å². The van der Waals surface area contributed by atoms with Crippen LogP contribution in [0.1, 0.15) is 18.3 Å². The smallest absolute Gasteiger partial charge is 0.239 e. The average molecular weight is 407 g/mol. The van der Waals surface area contributed by atoms with Crippen molar-refractivity contribution in [3.05, 3.63) is 90.5 Å². The summed E-state index contributed by atoms with van der Waals surface area (Å²) in [6.07, 6.45) is 0.543. The van der Waals surface area contributed by atoms with Gasteiger partial charge in [0.2, 0.25) is 9.04 Å². The Kier molecular flexibility index (Phi) is 6.74. The van der Waals surface area contributed by atoms with Gasteiger partial charge in [0.25, 0.3) is 0 Å². The lowest BCUT2D eigenvalue weighted by Gasteiger charge is -2.18. The Bertz CT molecular complexity index is 831. The molecule has 2 unspecified atom stereocenters. The van der Waals surface area contributed by atoms with Gasteiger partial charge in [0.1, 0.15) is 5.75 Å². The lowest BCUT2D eigenvalue weighted by Crippen LogP contribution is -2.45. The first kappa shape index (κ1) is 19.9. The molecule has 0 aliphatic carbocycles. The lowest BCUT2D eigenvalue weighted by molar-refractivity contribution is -0.0624. The molecule has 150 valence electrons. The summed E-state index contributed by atoms with van der Waals surface area (Å²) in [6.45, 7) is 1.24. The monoisotopic (exact) mass is 406 g/mol. The Morgan fingerprint density at radius 3 is 2.07 bits per heavy atom. The van der Waals surface area contributed by atoms with Crippen LogP contribution in [0.3, 0.4) is 0 Å². The zero-order chi connectivity index (χ0) is 19.9. The van der Waals surface area contributed by atoms with Crippen molar-refractivity contribution in [1.82, 2.24) is 0 Å². The molecule has 0 bridgehead atoms. The molecule has 4 nitrogen and oxygen atoms in total. The molecule has 1 heterocycles. The van der Waals surface area contributed by atoms with Crippen molar-refractivity contribution < 1.29 is 18.6 Å². The van der Waals surface area contributed by atoms with Crippen molar-refractivity contribution in [2.24, 2.45) is 0 Å². The van der Waals surface area contributed by atoms with Crippen LogP contribution in [-0.2, 0) is 13.9 Å². The van der Waals surface area contributed by atoms with Gasteiger partial charge in [0.05, 0.1) is 19.8 Å². The van der Waals surface area contributed by atoms with Crippen LogP contribution in [0.25, 0.3) is 0 Å². The van der Waals surface area contributed by atoms with Gasteiger partial charge >= 0.3 is 0 Å². The normalized spacial score (nSPS) is 18.8. The first-order valence-electron chi connectivity index (χ1n) is 9.96. The molecule has 0 aromatic heterocycles. The number of hydrogen-bond acceptors (Lipinski definition) is 4. The van der Waals surface area contributed by atoms with E-state index in [0.717, 1.165) is 17.7 Å². The predicted octanol–water partition coefficient (Wildman–Crippen LogP) is 3.05. The van der Waals surface area contributed by atoms with Crippen molar-refractivity contribution in [2.75, 3.05) is 20.3 Å². The third kappa shape index (κ3) is 5.13. The maximum atomic E-state index is 6.43. The third-order valence-electron chi connectivity index (χ3n) is 5.07. The van der Waals surface area contributed by atoms with Crippen LogP contribution in [0.5, 0.6) is 5.75 Å². The standard InChI is InChI=1S/C24H26O4Si/c1-25-20-14-12-19(13-15-20)24-26-18-21(28-24)16-17-27-29(22-8-4-2-5-9-22)23-10-6-3-7-11-23/h2-15,21,24,29H,16-18H2,1H3. The Balaban J connectivity index is 1.33. The predicted molar refractivity (Wildman–Crippen MR) is 116 cm³/mol. The van der Waals surface area contributed by atoms with Gasteiger partial charge in [0.15, 0.2) is 6.29 Å². The van der Waals surface area contributed by atoms with Crippen LogP contribution in [-0.4, -0.2) is 35.5 Å². The Morgan fingerprint density at radius 1 is 0.862 bits per heavy atom. The molecule has 1 saturated heterocycles. The topological polar surface area (TPSA) is 36.9 Å². The van der Waals surface area contributed by atoms with Gasteiger partial charge in [-0.25, -0.2) is 0 Å². The zero-order valence-electron chi connectivity index (χ0n) is 16.6. The number of benzene rings is 3. The van der Waals surface area contributed by atoms with Crippen molar-refractivity contribution in [3.8, 4) is 5.75 Å². The summed E-state index contributed by atoms with van der Waals surface area (Å²) in [5.74, 6) is 0.828. The van der Waals surface area contributed by atoms with Crippen LogP contribution in [0.15, 0.2) is 84.9 Å². The number of ether oxygens (including phenoxy) is 3. The first-order valence-corrected chi connectivity index (χ1v) is 11.6. The fourth-order valence-corrected chi connectivity index (χ4v) is 5.78. The van der Waals surface area contributed by atoms with Crippen LogP contribution >= 0.6 is 0 Å². The second-order valence-electron chi connectivity index (χ2n) is 7.06. The highest BCUT2D eigenvalue weighted by atomic mass is 28.3. The summed E-state index contributed by atoms with van der Waals surface area (Å²) in [5.41, 5.74) is 1.01. The average Bonchev–Trinajstić information content (AvgIpc) is 3.27. The summed E-state index contributed by atoms with van der Waals surface area (Å²) in [6, 6.07) is 28.9. The molecule has 4 rings (SSSR count). The maximum Gasteiger partial charge on any atom is 0.239 e. The lowest BCUT2D eigenvalue weighted by atomic mass is 10.2. The SMILES string of the molecule is COc1ccc(C2OCC(CCO[SiH](c3ccccc3)c3ccccc3)O2)cc1. The minimum Gasteiger partial charge on any atom is -0.497 e. The zero-order valence-corrected chi connectivity index (χ0v) is 17.7. The van der Waals surface area contributed by atoms with Crippen molar-refractivity contribution in [3.63, 3.8) is 0 Å². The quantitative estimate of drug-likeness (QED) is 0.539. The molecular formula is C24H26O4Si. The minimum absolute atomic E-state index is 0.0447. The van der Waals surface area contributed by atoms with E-state index >= 15 is 0 Å². The molecule has 2 atom stereocenters. The Morgan fingerprint density at radius 2 is 1.48 bits per heavy atom. The third-order valence-corrected chi connectivity index (χ3v) is 7.62. The van der Waals surface area contributed by atoms with E-state index in [-0.39, 0.29) is 12.4 Å². The summed E-state index contributed by atoms with van der Waals surface area (Å²) < 4.78 is 23.6. The van der Waals surface area contributed by atoms with E-state index in [1.165, 1.54) is 10.4 Å². The minimum atomic E-state index is -1.71. The van der Waals surface area contributed by atoms with Gasteiger partial charge in [-0.2, -0.15) is 0 Å². The van der Waals surface area contributed by atoms with E-state index in [1.54, 1.807) is 7.11 Å². The second kappa shape index (κ2) is 9.85. The molecule has 0 radical (unpaired) electrons. The fourth-order valence-electron chi connectivity index (χ4n) is 3.49. The fraction of sp³-hybridized carbons (Fsp3) is 0.250. The summed E-state index contributed by atoms with van der Waals surface area (Å²) >= 11 is 0. The number of methoxy groups -OCH3 is 1. The Hall–Kier alpha value is -2.44. The van der Waals surface area contributed by atoms with Crippen molar-refractivity contribution in [1.29, 1.82) is 0 Å². The summed E-state index contributed by atoms with van der Waals surface area (Å²) in [4.78, 5) is 0. The van der Waals surface area contributed by atoms with E-state index in [9.17, 15) is 0 Å². The van der Waals surface area contributed by atoms with Crippen LogP contribution < -0.4 is 15.1 Å². The molecule has 0 spiro atoms. The van der Waals surface area contributed by atoms with E-state index in [0.29, 0.717) is 13.2 Å².